The molecule has 2 heterocycles. The average molecular weight is 423 g/mol. The van der Waals surface area contributed by atoms with Crippen molar-refractivity contribution in [2.45, 2.75) is 50.1 Å². The number of nitrogens with one attached hydrogen (secondary N) is 3. The monoisotopic (exact) mass is 422 g/mol. The van der Waals surface area contributed by atoms with Crippen molar-refractivity contribution in [3.8, 4) is 0 Å². The minimum Gasteiger partial charge on any atom is -0.382 e. The van der Waals surface area contributed by atoms with Gasteiger partial charge in [0, 0.05) is 17.1 Å². The van der Waals surface area contributed by atoms with E-state index in [0.29, 0.717) is 17.8 Å². The Kier molecular flexibility index (Phi) is 9.16. The van der Waals surface area contributed by atoms with Crippen LogP contribution in [0.5, 0.6) is 0 Å². The molecule has 0 unspecified atom stereocenters. The smallest absolute Gasteiger partial charge is 0.198 e. The highest BCUT2D eigenvalue weighted by atomic mass is 35.5. The van der Waals surface area contributed by atoms with Crippen molar-refractivity contribution >= 4 is 51.2 Å². The number of piperidine rings is 1. The van der Waals surface area contributed by atoms with Gasteiger partial charge >= 0.3 is 0 Å². The maximum atomic E-state index is 12.6. The number of aromatic amines is 1. The lowest BCUT2D eigenvalue weighted by molar-refractivity contribution is 0.479. The van der Waals surface area contributed by atoms with Crippen LogP contribution in [-0.2, 0) is 9.84 Å². The molecule has 0 saturated carbocycles. The Bertz CT molecular complexity index is 789. The van der Waals surface area contributed by atoms with Crippen LogP contribution in [0, 0.1) is 0 Å². The molecule has 0 radical (unpaired) electrons. The second-order valence-electron chi connectivity index (χ2n) is 6.48. The van der Waals surface area contributed by atoms with Crippen LogP contribution in [0.4, 0.5) is 5.69 Å². The van der Waals surface area contributed by atoms with Gasteiger partial charge in [0.2, 0.25) is 0 Å². The van der Waals surface area contributed by atoms with Crippen LogP contribution in [0.2, 0.25) is 0 Å². The van der Waals surface area contributed by atoms with Gasteiger partial charge in [-0.3, -0.25) is 5.10 Å². The minimum absolute atomic E-state index is 0. The summed E-state index contributed by atoms with van der Waals surface area (Å²) in [6.07, 6.45) is 4.75. The molecule has 2 aromatic rings. The summed E-state index contributed by atoms with van der Waals surface area (Å²) >= 11 is 0. The molecule has 1 aliphatic rings. The number of anilines is 1. The third-order valence-electron chi connectivity index (χ3n) is 4.55. The molecular formula is C17H28Cl2N4O2S. The molecule has 1 aromatic heterocycles. The van der Waals surface area contributed by atoms with Gasteiger partial charge < -0.3 is 10.6 Å². The molecule has 9 heteroatoms. The summed E-state index contributed by atoms with van der Waals surface area (Å²) in [5.41, 5.74) is 1.72. The Hall–Kier alpha value is -1.02. The third-order valence-corrected chi connectivity index (χ3v) is 6.28. The van der Waals surface area contributed by atoms with E-state index >= 15 is 0 Å². The second kappa shape index (κ2) is 10.3. The zero-order valence-electron chi connectivity index (χ0n) is 15.0. The van der Waals surface area contributed by atoms with Gasteiger partial charge in [0.1, 0.15) is 0 Å². The largest absolute Gasteiger partial charge is 0.382 e. The fourth-order valence-electron chi connectivity index (χ4n) is 3.16. The number of H-pyrrole nitrogens is 1. The lowest BCUT2D eigenvalue weighted by Crippen LogP contribution is -2.35. The first-order valence-electron chi connectivity index (χ1n) is 8.78. The molecule has 26 heavy (non-hydrogen) atoms. The first kappa shape index (κ1) is 23.0. The predicted octanol–water partition coefficient (Wildman–Crippen LogP) is 3.53. The Labute approximate surface area is 167 Å². The summed E-state index contributed by atoms with van der Waals surface area (Å²) in [7, 11) is -3.35. The van der Waals surface area contributed by atoms with E-state index in [4.69, 9.17) is 0 Å². The van der Waals surface area contributed by atoms with Crippen molar-refractivity contribution in [3.05, 3.63) is 18.2 Å². The van der Waals surface area contributed by atoms with E-state index in [9.17, 15) is 8.42 Å². The molecule has 148 valence electrons. The Morgan fingerprint density at radius 2 is 1.92 bits per heavy atom. The van der Waals surface area contributed by atoms with Crippen LogP contribution in [0.15, 0.2) is 23.2 Å². The van der Waals surface area contributed by atoms with E-state index in [2.05, 4.69) is 27.8 Å². The fraction of sp³-hybridized carbons (Fsp3) is 0.588. The lowest BCUT2D eigenvalue weighted by atomic mass is 10.1. The fourth-order valence-corrected chi connectivity index (χ4v) is 4.62. The van der Waals surface area contributed by atoms with E-state index < -0.39 is 9.84 Å². The summed E-state index contributed by atoms with van der Waals surface area (Å²) in [5, 5.41) is 14.7. The minimum atomic E-state index is -3.35. The van der Waals surface area contributed by atoms with Gasteiger partial charge in [0.15, 0.2) is 14.9 Å². The molecule has 1 fully saturated rings. The van der Waals surface area contributed by atoms with Gasteiger partial charge in [-0.1, -0.05) is 19.8 Å². The molecule has 3 N–H and O–H groups in total. The van der Waals surface area contributed by atoms with Crippen LogP contribution in [0.1, 0.15) is 39.0 Å². The summed E-state index contributed by atoms with van der Waals surface area (Å²) in [6.45, 7) is 4.10. The van der Waals surface area contributed by atoms with Crippen LogP contribution >= 0.6 is 24.8 Å². The number of fused-ring (bicyclic) bond motifs is 1. The predicted molar refractivity (Wildman–Crippen MR) is 112 cm³/mol. The van der Waals surface area contributed by atoms with Crippen molar-refractivity contribution in [2.75, 3.05) is 24.2 Å². The van der Waals surface area contributed by atoms with Gasteiger partial charge in [-0.25, -0.2) is 8.42 Å². The van der Waals surface area contributed by atoms with Gasteiger partial charge in [-0.15, -0.1) is 24.8 Å². The summed E-state index contributed by atoms with van der Waals surface area (Å²) in [6, 6.07) is 6.22. The zero-order chi connectivity index (χ0) is 17.0. The number of rotatable bonds is 7. The first-order chi connectivity index (χ1) is 11.6. The molecule has 3 rings (SSSR count). The Balaban J connectivity index is 0.00000169. The summed E-state index contributed by atoms with van der Waals surface area (Å²) < 4.78 is 25.1. The number of aromatic nitrogens is 2. The number of halogens is 2. The van der Waals surface area contributed by atoms with Gasteiger partial charge in [0.05, 0.1) is 11.3 Å². The highest BCUT2D eigenvalue weighted by Gasteiger charge is 2.21. The molecular weight excluding hydrogens is 395 g/mol. The van der Waals surface area contributed by atoms with Gasteiger partial charge in [-0.2, -0.15) is 5.10 Å². The van der Waals surface area contributed by atoms with Crippen molar-refractivity contribution in [2.24, 2.45) is 0 Å². The highest BCUT2D eigenvalue weighted by Crippen LogP contribution is 2.26. The van der Waals surface area contributed by atoms with Crippen LogP contribution in [-0.4, -0.2) is 43.5 Å². The molecule has 0 bridgehead atoms. The highest BCUT2D eigenvalue weighted by molar-refractivity contribution is 7.91. The van der Waals surface area contributed by atoms with E-state index in [1.165, 1.54) is 0 Å². The number of unbranched alkanes of at least 4 members (excludes halogenated alkanes) is 2. The maximum Gasteiger partial charge on any atom is 0.198 e. The number of nitrogens with zero attached hydrogens (tertiary/aromatic N) is 1. The lowest BCUT2D eigenvalue weighted by Gasteiger charge is -2.24. The Morgan fingerprint density at radius 1 is 1.19 bits per heavy atom. The van der Waals surface area contributed by atoms with Crippen molar-refractivity contribution in [1.29, 1.82) is 0 Å². The van der Waals surface area contributed by atoms with E-state index in [1.807, 2.05) is 18.2 Å². The first-order valence-corrected chi connectivity index (χ1v) is 10.4. The normalized spacial score (nSPS) is 15.3. The standard InChI is InChI=1S/C17H26N4O2S.2ClH/c1-2-3-4-11-24(22,23)17-15-12-14(5-6-16(15)20-21-17)19-13-7-9-18-10-8-13;;/h5-6,12-13,18-19H,2-4,7-11H2,1H3,(H,20,21);2*1H. The zero-order valence-corrected chi connectivity index (χ0v) is 17.4. The van der Waals surface area contributed by atoms with Crippen molar-refractivity contribution < 1.29 is 8.42 Å². The van der Waals surface area contributed by atoms with E-state index in [0.717, 1.165) is 50.0 Å². The van der Waals surface area contributed by atoms with Gasteiger partial charge in [0.25, 0.3) is 0 Å². The maximum absolute atomic E-state index is 12.6. The Morgan fingerprint density at radius 3 is 2.62 bits per heavy atom. The van der Waals surface area contributed by atoms with Crippen LogP contribution in [0.3, 0.4) is 0 Å². The molecule has 6 nitrogen and oxygen atoms in total. The second-order valence-corrected chi connectivity index (χ2v) is 8.51. The molecule has 1 aromatic carbocycles. The van der Waals surface area contributed by atoms with Crippen molar-refractivity contribution in [3.63, 3.8) is 0 Å². The quantitative estimate of drug-likeness (QED) is 0.593. The number of hydrogen-bond donors (Lipinski definition) is 3. The van der Waals surface area contributed by atoms with Gasteiger partial charge in [-0.05, 0) is 50.6 Å². The summed E-state index contributed by atoms with van der Waals surface area (Å²) in [5.74, 6) is 0.159. The van der Waals surface area contributed by atoms with Crippen LogP contribution in [0.25, 0.3) is 10.9 Å². The molecule has 0 atom stereocenters. The van der Waals surface area contributed by atoms with E-state index in [1.54, 1.807) is 0 Å². The molecule has 0 spiro atoms. The van der Waals surface area contributed by atoms with Crippen LogP contribution < -0.4 is 10.6 Å². The molecule has 0 aliphatic carbocycles. The number of benzene rings is 1. The van der Waals surface area contributed by atoms with E-state index in [-0.39, 0.29) is 35.6 Å². The molecule has 0 amide bonds. The summed E-state index contributed by atoms with van der Waals surface area (Å²) in [4.78, 5) is 0. The molecule has 1 aliphatic heterocycles. The topological polar surface area (TPSA) is 86.9 Å². The molecule has 1 saturated heterocycles. The SMILES string of the molecule is CCCCCS(=O)(=O)c1n[nH]c2ccc(NC3CCNCC3)cc12.Cl.Cl. The third kappa shape index (κ3) is 5.49. The number of sulfone groups is 1. The average Bonchev–Trinajstić information content (AvgIpc) is 3.00. The number of hydrogen-bond acceptors (Lipinski definition) is 5. The van der Waals surface area contributed by atoms with Crippen molar-refractivity contribution in [1.82, 2.24) is 15.5 Å².